The fourth-order valence-corrected chi connectivity index (χ4v) is 2.42. The number of halogens is 2. The van der Waals surface area contributed by atoms with Crippen LogP contribution in [0.25, 0.3) is 0 Å². The highest BCUT2D eigenvalue weighted by molar-refractivity contribution is 6.34. The van der Waals surface area contributed by atoms with Crippen LogP contribution in [0.5, 0.6) is 0 Å². The summed E-state index contributed by atoms with van der Waals surface area (Å²) in [7, 11) is 0. The highest BCUT2D eigenvalue weighted by Crippen LogP contribution is 2.21. The molecule has 1 aromatic heterocycles. The Bertz CT molecular complexity index is 439. The van der Waals surface area contributed by atoms with Crippen molar-refractivity contribution in [2.24, 2.45) is 5.92 Å². The van der Waals surface area contributed by atoms with Gasteiger partial charge in [0.05, 0.1) is 5.56 Å². The number of piperidine rings is 1. The second-order valence-electron chi connectivity index (χ2n) is 4.34. The van der Waals surface area contributed by atoms with E-state index >= 15 is 0 Å². The molecule has 1 amide bonds. The summed E-state index contributed by atoms with van der Waals surface area (Å²) in [4.78, 5) is 21.6. The summed E-state index contributed by atoms with van der Waals surface area (Å²) >= 11 is 11.5. The zero-order chi connectivity index (χ0) is 12.4. The average Bonchev–Trinajstić information content (AvgIpc) is 2.28. The van der Waals surface area contributed by atoms with Crippen LogP contribution in [0.2, 0.25) is 10.4 Å². The van der Waals surface area contributed by atoms with E-state index in [1.807, 2.05) is 0 Å². The number of carbonyl (C=O) groups is 1. The first-order chi connectivity index (χ1) is 8.08. The van der Waals surface area contributed by atoms with Crippen LogP contribution in [0.4, 0.5) is 0 Å². The van der Waals surface area contributed by atoms with Crippen LogP contribution in [0, 0.1) is 5.92 Å². The van der Waals surface area contributed by atoms with Crippen LogP contribution in [-0.2, 0) is 0 Å². The van der Waals surface area contributed by atoms with Crippen molar-refractivity contribution in [3.63, 3.8) is 0 Å². The quantitative estimate of drug-likeness (QED) is 0.584. The maximum atomic E-state index is 12.2. The monoisotopic (exact) mass is 273 g/mol. The van der Waals surface area contributed by atoms with E-state index in [1.54, 1.807) is 4.90 Å². The van der Waals surface area contributed by atoms with E-state index in [1.165, 1.54) is 6.20 Å². The second kappa shape index (κ2) is 5.19. The lowest BCUT2D eigenvalue weighted by Gasteiger charge is -2.30. The molecular formula is C11H13Cl2N3O. The first kappa shape index (κ1) is 12.6. The zero-order valence-electron chi connectivity index (χ0n) is 9.49. The third-order valence-corrected chi connectivity index (χ3v) is 3.36. The molecule has 0 N–H and O–H groups in total. The molecule has 2 heterocycles. The van der Waals surface area contributed by atoms with Gasteiger partial charge in [0.1, 0.15) is 5.15 Å². The van der Waals surface area contributed by atoms with Gasteiger partial charge < -0.3 is 4.90 Å². The summed E-state index contributed by atoms with van der Waals surface area (Å²) in [5, 5.41) is 0.173. The van der Waals surface area contributed by atoms with E-state index in [4.69, 9.17) is 23.2 Å². The minimum atomic E-state index is -0.113. The summed E-state index contributed by atoms with van der Waals surface area (Å²) in [6, 6.07) is 0. The highest BCUT2D eigenvalue weighted by atomic mass is 35.5. The zero-order valence-corrected chi connectivity index (χ0v) is 11.0. The number of rotatable bonds is 1. The Morgan fingerprint density at radius 2 is 2.29 bits per heavy atom. The number of hydrogen-bond donors (Lipinski definition) is 0. The van der Waals surface area contributed by atoms with Crippen LogP contribution < -0.4 is 0 Å². The largest absolute Gasteiger partial charge is 0.338 e. The molecule has 1 aliphatic heterocycles. The Kier molecular flexibility index (Phi) is 3.84. The van der Waals surface area contributed by atoms with Crippen LogP contribution in [0.15, 0.2) is 6.20 Å². The summed E-state index contributed by atoms with van der Waals surface area (Å²) in [6.45, 7) is 3.67. The van der Waals surface area contributed by atoms with Crippen molar-refractivity contribution in [2.45, 2.75) is 19.8 Å². The maximum absolute atomic E-state index is 12.2. The van der Waals surface area contributed by atoms with Crippen molar-refractivity contribution in [1.82, 2.24) is 14.9 Å². The smallest absolute Gasteiger partial charge is 0.258 e. The minimum absolute atomic E-state index is 0.0542. The summed E-state index contributed by atoms with van der Waals surface area (Å²) in [5.74, 6) is 0.415. The SMILES string of the molecule is CC1CCCN(C(=O)c2cnc(Cl)nc2Cl)C1. The lowest BCUT2D eigenvalue weighted by molar-refractivity contribution is 0.0682. The summed E-state index contributed by atoms with van der Waals surface area (Å²) < 4.78 is 0. The van der Waals surface area contributed by atoms with Gasteiger partial charge in [-0.1, -0.05) is 18.5 Å². The van der Waals surface area contributed by atoms with Crippen LogP contribution in [0.3, 0.4) is 0 Å². The minimum Gasteiger partial charge on any atom is -0.338 e. The molecule has 0 spiro atoms. The van der Waals surface area contributed by atoms with Gasteiger partial charge in [0.2, 0.25) is 5.28 Å². The van der Waals surface area contributed by atoms with Crippen LogP contribution in [-0.4, -0.2) is 33.9 Å². The predicted molar refractivity (Wildman–Crippen MR) is 66.4 cm³/mol. The average molecular weight is 274 g/mol. The Balaban J connectivity index is 2.18. The first-order valence-corrected chi connectivity index (χ1v) is 6.31. The molecule has 17 heavy (non-hydrogen) atoms. The molecule has 1 atom stereocenters. The lowest BCUT2D eigenvalue weighted by Crippen LogP contribution is -2.39. The van der Waals surface area contributed by atoms with E-state index in [9.17, 15) is 4.79 Å². The lowest BCUT2D eigenvalue weighted by atomic mass is 10.00. The Labute approximate surface area is 110 Å². The number of amides is 1. The molecule has 0 saturated carbocycles. The molecule has 4 nitrogen and oxygen atoms in total. The normalized spacial score (nSPS) is 20.4. The number of likely N-dealkylation sites (tertiary alicyclic amines) is 1. The van der Waals surface area contributed by atoms with Gasteiger partial charge >= 0.3 is 0 Å². The fourth-order valence-electron chi connectivity index (χ4n) is 2.03. The van der Waals surface area contributed by atoms with Gasteiger partial charge in [0.15, 0.2) is 0 Å². The molecule has 1 saturated heterocycles. The van der Waals surface area contributed by atoms with E-state index in [-0.39, 0.29) is 16.3 Å². The van der Waals surface area contributed by atoms with Gasteiger partial charge in [-0.05, 0) is 30.4 Å². The third-order valence-electron chi connectivity index (χ3n) is 2.89. The summed E-state index contributed by atoms with van der Waals surface area (Å²) in [6.07, 6.45) is 3.58. The van der Waals surface area contributed by atoms with Gasteiger partial charge in [0, 0.05) is 19.3 Å². The third kappa shape index (κ3) is 2.87. The second-order valence-corrected chi connectivity index (χ2v) is 5.04. The summed E-state index contributed by atoms with van der Waals surface area (Å²) in [5.41, 5.74) is 0.324. The molecule has 6 heteroatoms. The topological polar surface area (TPSA) is 46.1 Å². The van der Waals surface area contributed by atoms with Crippen molar-refractivity contribution in [1.29, 1.82) is 0 Å². The number of nitrogens with zero attached hydrogens (tertiary/aromatic N) is 3. The first-order valence-electron chi connectivity index (χ1n) is 5.55. The molecule has 0 radical (unpaired) electrons. The van der Waals surface area contributed by atoms with Crippen molar-refractivity contribution >= 4 is 29.1 Å². The van der Waals surface area contributed by atoms with Crippen molar-refractivity contribution < 1.29 is 4.79 Å². The fraction of sp³-hybridized carbons (Fsp3) is 0.545. The molecule has 2 rings (SSSR count). The van der Waals surface area contributed by atoms with Gasteiger partial charge in [-0.25, -0.2) is 9.97 Å². The molecule has 92 valence electrons. The van der Waals surface area contributed by atoms with Crippen LogP contribution >= 0.6 is 23.2 Å². The standard InChI is InChI=1S/C11H13Cl2N3O/c1-7-3-2-4-16(6-7)10(17)8-5-14-11(13)15-9(8)12/h5,7H,2-4,6H2,1H3. The number of carbonyl (C=O) groups excluding carboxylic acids is 1. The molecular weight excluding hydrogens is 261 g/mol. The Morgan fingerprint density at radius 1 is 1.53 bits per heavy atom. The van der Waals surface area contributed by atoms with Crippen molar-refractivity contribution in [2.75, 3.05) is 13.1 Å². The molecule has 1 aliphatic rings. The number of aromatic nitrogens is 2. The van der Waals surface area contributed by atoms with E-state index in [0.29, 0.717) is 11.5 Å². The van der Waals surface area contributed by atoms with E-state index in [0.717, 1.165) is 25.9 Å². The van der Waals surface area contributed by atoms with Crippen LogP contribution in [0.1, 0.15) is 30.1 Å². The molecule has 0 aliphatic carbocycles. The highest BCUT2D eigenvalue weighted by Gasteiger charge is 2.24. The molecule has 0 bridgehead atoms. The Hall–Kier alpha value is -0.870. The van der Waals surface area contributed by atoms with Gasteiger partial charge in [-0.15, -0.1) is 0 Å². The molecule has 1 unspecified atom stereocenters. The Morgan fingerprint density at radius 3 is 2.94 bits per heavy atom. The van der Waals surface area contributed by atoms with Crippen molar-refractivity contribution in [3.8, 4) is 0 Å². The van der Waals surface area contributed by atoms with Crippen molar-refractivity contribution in [3.05, 3.63) is 22.2 Å². The van der Waals surface area contributed by atoms with Gasteiger partial charge in [0.25, 0.3) is 5.91 Å². The molecule has 0 aromatic carbocycles. The van der Waals surface area contributed by atoms with E-state index in [2.05, 4.69) is 16.9 Å². The van der Waals surface area contributed by atoms with E-state index < -0.39 is 0 Å². The molecule has 1 fully saturated rings. The maximum Gasteiger partial charge on any atom is 0.258 e. The predicted octanol–water partition coefficient (Wildman–Crippen LogP) is 2.66. The number of hydrogen-bond acceptors (Lipinski definition) is 3. The molecule has 1 aromatic rings. The van der Waals surface area contributed by atoms with Gasteiger partial charge in [-0.2, -0.15) is 0 Å². The van der Waals surface area contributed by atoms with Gasteiger partial charge in [-0.3, -0.25) is 4.79 Å².